The molecule has 1 saturated carbocycles. The van der Waals surface area contributed by atoms with Crippen LogP contribution < -0.4 is 14.8 Å². The van der Waals surface area contributed by atoms with E-state index in [2.05, 4.69) is 5.32 Å². The quantitative estimate of drug-likeness (QED) is 0.882. The van der Waals surface area contributed by atoms with E-state index >= 15 is 0 Å². The average molecular weight is 333 g/mol. The number of aliphatic carboxylic acids is 1. The van der Waals surface area contributed by atoms with Crippen molar-refractivity contribution in [3.63, 3.8) is 0 Å². The molecule has 0 aromatic heterocycles. The first kappa shape index (κ1) is 16.6. The summed E-state index contributed by atoms with van der Waals surface area (Å²) in [6.45, 7) is 0.265. The predicted octanol–water partition coefficient (Wildman–Crippen LogP) is 2.15. The Morgan fingerprint density at radius 2 is 2.04 bits per heavy atom. The van der Waals surface area contributed by atoms with Gasteiger partial charge in [0, 0.05) is 0 Å². The van der Waals surface area contributed by atoms with E-state index < -0.39 is 11.5 Å². The van der Waals surface area contributed by atoms with E-state index in [1.807, 2.05) is 18.2 Å². The Balaban J connectivity index is 1.72. The molecule has 1 aromatic rings. The predicted molar refractivity (Wildman–Crippen MR) is 87.3 cm³/mol. The molecule has 1 unspecified atom stereocenters. The van der Waals surface area contributed by atoms with E-state index in [-0.39, 0.29) is 18.4 Å². The first-order valence-corrected chi connectivity index (χ1v) is 8.39. The molecule has 1 aliphatic carbocycles. The number of carboxylic acids is 1. The Morgan fingerprint density at radius 3 is 2.71 bits per heavy atom. The van der Waals surface area contributed by atoms with Gasteiger partial charge in [-0.05, 0) is 43.0 Å². The van der Waals surface area contributed by atoms with Crippen molar-refractivity contribution in [2.45, 2.75) is 44.1 Å². The standard InChI is InChI=1S/C18H23NO5/c1-23-14-5-6-15-12(10-14)9-13(11-24-15)16(20)19-18(17(21)22)7-3-2-4-8-18/h5-6,10,13H,2-4,7-9,11H2,1H3,(H,19,20)(H,21,22). The van der Waals surface area contributed by atoms with Crippen LogP contribution in [0.2, 0.25) is 0 Å². The second-order valence-electron chi connectivity index (χ2n) is 6.62. The van der Waals surface area contributed by atoms with Crippen molar-refractivity contribution in [1.82, 2.24) is 5.32 Å². The molecule has 2 aliphatic rings. The monoisotopic (exact) mass is 333 g/mol. The molecule has 2 N–H and O–H groups in total. The number of hydrogen-bond acceptors (Lipinski definition) is 4. The van der Waals surface area contributed by atoms with Gasteiger partial charge in [0.15, 0.2) is 0 Å². The van der Waals surface area contributed by atoms with Crippen LogP contribution in [0.25, 0.3) is 0 Å². The highest BCUT2D eigenvalue weighted by molar-refractivity contribution is 5.88. The second-order valence-corrected chi connectivity index (χ2v) is 6.62. The normalized spacial score (nSPS) is 22.0. The zero-order valence-electron chi connectivity index (χ0n) is 13.8. The van der Waals surface area contributed by atoms with Gasteiger partial charge in [-0.15, -0.1) is 0 Å². The lowest BCUT2D eigenvalue weighted by Gasteiger charge is -2.36. The van der Waals surface area contributed by atoms with Crippen LogP contribution in [-0.4, -0.2) is 36.2 Å². The van der Waals surface area contributed by atoms with Crippen LogP contribution in [0, 0.1) is 5.92 Å². The van der Waals surface area contributed by atoms with Crippen LogP contribution in [0.4, 0.5) is 0 Å². The molecule has 1 heterocycles. The number of carbonyl (C=O) groups excluding carboxylic acids is 1. The maximum atomic E-state index is 12.7. The van der Waals surface area contributed by atoms with Gasteiger partial charge in [-0.3, -0.25) is 4.79 Å². The molecular formula is C18H23NO5. The molecule has 1 fully saturated rings. The fourth-order valence-corrected chi connectivity index (χ4v) is 3.55. The number of amides is 1. The van der Waals surface area contributed by atoms with E-state index in [1.165, 1.54) is 0 Å². The van der Waals surface area contributed by atoms with Gasteiger partial charge in [-0.25, -0.2) is 4.79 Å². The zero-order valence-corrected chi connectivity index (χ0v) is 13.8. The summed E-state index contributed by atoms with van der Waals surface area (Å²) >= 11 is 0. The smallest absolute Gasteiger partial charge is 0.329 e. The summed E-state index contributed by atoms with van der Waals surface area (Å²) in [5, 5.41) is 12.4. The molecule has 1 aromatic carbocycles. The van der Waals surface area contributed by atoms with Crippen LogP contribution in [-0.2, 0) is 16.0 Å². The van der Waals surface area contributed by atoms with Gasteiger partial charge in [0.1, 0.15) is 23.6 Å². The van der Waals surface area contributed by atoms with Crippen molar-refractivity contribution in [3.8, 4) is 11.5 Å². The van der Waals surface area contributed by atoms with Crippen molar-refractivity contribution >= 4 is 11.9 Å². The van der Waals surface area contributed by atoms with Crippen molar-refractivity contribution < 1.29 is 24.2 Å². The van der Waals surface area contributed by atoms with E-state index in [9.17, 15) is 14.7 Å². The van der Waals surface area contributed by atoms with Crippen molar-refractivity contribution in [2.24, 2.45) is 5.92 Å². The third-order valence-electron chi connectivity index (χ3n) is 5.02. The molecule has 6 nitrogen and oxygen atoms in total. The number of methoxy groups -OCH3 is 1. The zero-order chi connectivity index (χ0) is 17.2. The lowest BCUT2D eigenvalue weighted by molar-refractivity contribution is -0.150. The number of carbonyl (C=O) groups is 2. The van der Waals surface area contributed by atoms with Gasteiger partial charge in [0.2, 0.25) is 5.91 Å². The molecule has 3 rings (SSSR count). The fourth-order valence-electron chi connectivity index (χ4n) is 3.55. The summed E-state index contributed by atoms with van der Waals surface area (Å²) in [6.07, 6.45) is 4.18. The molecular weight excluding hydrogens is 310 g/mol. The summed E-state index contributed by atoms with van der Waals surface area (Å²) in [7, 11) is 1.59. The van der Waals surface area contributed by atoms with Crippen LogP contribution in [0.5, 0.6) is 11.5 Å². The number of hydrogen-bond donors (Lipinski definition) is 2. The molecule has 0 radical (unpaired) electrons. The number of carboxylic acid groups (broad SMARTS) is 1. The largest absolute Gasteiger partial charge is 0.497 e. The van der Waals surface area contributed by atoms with Gasteiger partial charge < -0.3 is 19.9 Å². The molecule has 0 bridgehead atoms. The van der Waals surface area contributed by atoms with Crippen LogP contribution in [0.1, 0.15) is 37.7 Å². The summed E-state index contributed by atoms with van der Waals surface area (Å²) in [6, 6.07) is 5.52. The Labute approximate surface area is 141 Å². The van der Waals surface area contributed by atoms with Gasteiger partial charge in [-0.1, -0.05) is 19.3 Å². The number of benzene rings is 1. The minimum Gasteiger partial charge on any atom is -0.497 e. The topological polar surface area (TPSA) is 84.9 Å². The Morgan fingerprint density at radius 1 is 1.29 bits per heavy atom. The van der Waals surface area contributed by atoms with E-state index in [4.69, 9.17) is 9.47 Å². The molecule has 1 amide bonds. The third-order valence-corrected chi connectivity index (χ3v) is 5.02. The van der Waals surface area contributed by atoms with Crippen LogP contribution in [0.3, 0.4) is 0 Å². The van der Waals surface area contributed by atoms with Crippen LogP contribution >= 0.6 is 0 Å². The molecule has 0 spiro atoms. The third kappa shape index (κ3) is 3.18. The molecule has 130 valence electrons. The maximum Gasteiger partial charge on any atom is 0.329 e. The van der Waals surface area contributed by atoms with Gasteiger partial charge >= 0.3 is 5.97 Å². The Kier molecular flexibility index (Phi) is 4.64. The number of rotatable bonds is 4. The Bertz CT molecular complexity index is 636. The van der Waals surface area contributed by atoms with Crippen molar-refractivity contribution in [3.05, 3.63) is 23.8 Å². The maximum absolute atomic E-state index is 12.7. The van der Waals surface area contributed by atoms with Gasteiger partial charge in [-0.2, -0.15) is 0 Å². The average Bonchev–Trinajstić information content (AvgIpc) is 2.61. The van der Waals surface area contributed by atoms with Gasteiger partial charge in [0.25, 0.3) is 0 Å². The lowest BCUT2D eigenvalue weighted by atomic mass is 9.81. The summed E-state index contributed by atoms with van der Waals surface area (Å²) < 4.78 is 10.9. The second kappa shape index (κ2) is 6.71. The summed E-state index contributed by atoms with van der Waals surface area (Å²) in [4.78, 5) is 24.4. The number of ether oxygens (including phenoxy) is 2. The molecule has 0 saturated heterocycles. The lowest BCUT2D eigenvalue weighted by Crippen LogP contribution is -2.57. The molecule has 24 heavy (non-hydrogen) atoms. The highest BCUT2D eigenvalue weighted by Gasteiger charge is 2.42. The molecule has 6 heteroatoms. The van der Waals surface area contributed by atoms with E-state index in [1.54, 1.807) is 7.11 Å². The SMILES string of the molecule is COc1ccc2c(c1)CC(C(=O)NC1(C(=O)O)CCCCC1)CO2. The Hall–Kier alpha value is -2.24. The summed E-state index contributed by atoms with van der Waals surface area (Å²) in [5.74, 6) is -0.0944. The van der Waals surface area contributed by atoms with Gasteiger partial charge in [0.05, 0.1) is 13.0 Å². The summed E-state index contributed by atoms with van der Waals surface area (Å²) in [5.41, 5.74) is -0.210. The highest BCUT2D eigenvalue weighted by atomic mass is 16.5. The van der Waals surface area contributed by atoms with Crippen molar-refractivity contribution in [2.75, 3.05) is 13.7 Å². The van der Waals surface area contributed by atoms with Crippen molar-refractivity contribution in [1.29, 1.82) is 0 Å². The fraction of sp³-hybridized carbons (Fsp3) is 0.556. The van der Waals surface area contributed by atoms with E-state index in [0.717, 1.165) is 30.6 Å². The minimum atomic E-state index is -1.12. The molecule has 1 aliphatic heterocycles. The highest BCUT2D eigenvalue weighted by Crippen LogP contribution is 2.32. The first-order chi connectivity index (χ1) is 11.5. The minimum absolute atomic E-state index is 0.243. The first-order valence-electron chi connectivity index (χ1n) is 8.39. The van der Waals surface area contributed by atoms with E-state index in [0.29, 0.717) is 25.0 Å². The van der Waals surface area contributed by atoms with Crippen LogP contribution in [0.15, 0.2) is 18.2 Å². The molecule has 1 atom stereocenters. The number of fused-ring (bicyclic) bond motifs is 1. The number of nitrogens with one attached hydrogen (secondary N) is 1.